The highest BCUT2D eigenvalue weighted by atomic mass is 16.4. The first kappa shape index (κ1) is 17.3. The number of carboxylic acid groups (broad SMARTS) is 1. The summed E-state index contributed by atoms with van der Waals surface area (Å²) in [5.74, 6) is -2.05. The maximum atomic E-state index is 12.2. The number of carboxylic acids is 1. The molecule has 4 N–H and O–H groups in total. The van der Waals surface area contributed by atoms with Gasteiger partial charge in [-0.15, -0.1) is 0 Å². The van der Waals surface area contributed by atoms with Crippen molar-refractivity contribution < 1.29 is 24.6 Å². The molecule has 0 spiro atoms. The van der Waals surface area contributed by atoms with E-state index in [2.05, 4.69) is 10.6 Å². The standard InChI is InChI=1S/C15H23N3O5/c1-18-7-5-3-2-4-6-10-8-15(10,13(21)22)17-12(20)11(9-19)16-14(18)23/h4,6,10-11,19H,2-3,5,7-9H2,1H3,(H,16,23)(H,17,20)(H,21,22)/t10-,11+,15-/m1/s1. The number of carbonyl (C=O) groups is 3. The van der Waals surface area contributed by atoms with Crippen molar-refractivity contribution in [3.05, 3.63) is 12.2 Å². The Morgan fingerprint density at radius 2 is 2.17 bits per heavy atom. The van der Waals surface area contributed by atoms with E-state index in [4.69, 9.17) is 0 Å². The molecule has 8 heteroatoms. The molecule has 1 heterocycles. The summed E-state index contributed by atoms with van der Waals surface area (Å²) in [5, 5.41) is 23.6. The van der Waals surface area contributed by atoms with Crippen LogP contribution < -0.4 is 10.6 Å². The average Bonchev–Trinajstić information content (AvgIpc) is 3.21. The van der Waals surface area contributed by atoms with Crippen LogP contribution in [0.5, 0.6) is 0 Å². The fourth-order valence-electron chi connectivity index (χ4n) is 2.70. The van der Waals surface area contributed by atoms with E-state index < -0.39 is 36.1 Å². The summed E-state index contributed by atoms with van der Waals surface area (Å²) in [4.78, 5) is 37.2. The summed E-state index contributed by atoms with van der Waals surface area (Å²) in [6.45, 7) is -0.0520. The lowest BCUT2D eigenvalue weighted by Gasteiger charge is -2.24. The Morgan fingerprint density at radius 3 is 2.83 bits per heavy atom. The predicted molar refractivity (Wildman–Crippen MR) is 81.6 cm³/mol. The van der Waals surface area contributed by atoms with Gasteiger partial charge in [0.05, 0.1) is 6.61 Å². The number of allylic oxidation sites excluding steroid dienone is 1. The fraction of sp³-hybridized carbons (Fsp3) is 0.667. The molecule has 1 aliphatic heterocycles. The van der Waals surface area contributed by atoms with Crippen molar-refractivity contribution in [1.82, 2.24) is 15.5 Å². The topological polar surface area (TPSA) is 119 Å². The summed E-state index contributed by atoms with van der Waals surface area (Å²) in [6, 6.07) is -1.64. The fourth-order valence-corrected chi connectivity index (χ4v) is 2.70. The molecule has 0 unspecified atom stereocenters. The first-order valence-corrected chi connectivity index (χ1v) is 7.75. The second-order valence-corrected chi connectivity index (χ2v) is 6.11. The SMILES string of the molecule is CN1CCCCC=C[C@@H]2C[C@@]2(C(=O)O)NC(=O)[C@H](CO)NC1=O. The number of aliphatic hydroxyl groups excluding tert-OH is 1. The number of nitrogens with one attached hydrogen (secondary N) is 2. The van der Waals surface area contributed by atoms with Gasteiger partial charge in [-0.05, 0) is 25.7 Å². The molecule has 0 aromatic rings. The minimum absolute atomic E-state index is 0.260. The third kappa shape index (κ3) is 3.82. The van der Waals surface area contributed by atoms with Crippen molar-refractivity contribution in [3.63, 3.8) is 0 Å². The number of hydrogen-bond donors (Lipinski definition) is 4. The van der Waals surface area contributed by atoms with Crippen molar-refractivity contribution in [2.24, 2.45) is 5.92 Å². The van der Waals surface area contributed by atoms with Crippen LogP contribution in [0.15, 0.2) is 12.2 Å². The molecule has 23 heavy (non-hydrogen) atoms. The van der Waals surface area contributed by atoms with E-state index in [9.17, 15) is 24.6 Å². The van der Waals surface area contributed by atoms with Crippen LogP contribution in [0, 0.1) is 5.92 Å². The minimum Gasteiger partial charge on any atom is -0.479 e. The van der Waals surface area contributed by atoms with E-state index in [1.807, 2.05) is 12.2 Å². The second kappa shape index (κ2) is 6.99. The molecule has 128 valence electrons. The summed E-state index contributed by atoms with van der Waals surface area (Å²) < 4.78 is 0. The minimum atomic E-state index is -1.33. The van der Waals surface area contributed by atoms with Gasteiger partial charge >= 0.3 is 12.0 Å². The van der Waals surface area contributed by atoms with Gasteiger partial charge in [-0.2, -0.15) is 0 Å². The molecule has 1 aliphatic carbocycles. The summed E-state index contributed by atoms with van der Waals surface area (Å²) in [6.07, 6.45) is 6.56. The number of aliphatic hydroxyl groups is 1. The van der Waals surface area contributed by atoms with Crippen molar-refractivity contribution in [2.45, 2.75) is 37.3 Å². The zero-order chi connectivity index (χ0) is 17.0. The van der Waals surface area contributed by atoms with Gasteiger partial charge in [-0.3, -0.25) is 4.79 Å². The van der Waals surface area contributed by atoms with Crippen LogP contribution in [-0.2, 0) is 9.59 Å². The highest BCUT2D eigenvalue weighted by molar-refractivity contribution is 5.94. The zero-order valence-electron chi connectivity index (χ0n) is 13.1. The van der Waals surface area contributed by atoms with E-state index in [0.29, 0.717) is 13.0 Å². The number of hydrogen-bond acceptors (Lipinski definition) is 4. The van der Waals surface area contributed by atoms with E-state index in [1.165, 1.54) is 4.90 Å². The van der Waals surface area contributed by atoms with Gasteiger partial charge in [0.15, 0.2) is 0 Å². The molecule has 3 atom stereocenters. The zero-order valence-corrected chi connectivity index (χ0v) is 13.1. The van der Waals surface area contributed by atoms with Crippen molar-refractivity contribution in [2.75, 3.05) is 20.2 Å². The Kier molecular flexibility index (Phi) is 5.25. The third-order valence-corrected chi connectivity index (χ3v) is 4.37. The first-order valence-electron chi connectivity index (χ1n) is 7.75. The van der Waals surface area contributed by atoms with Crippen LogP contribution in [0.1, 0.15) is 25.7 Å². The summed E-state index contributed by atoms with van der Waals surface area (Å²) >= 11 is 0. The molecule has 1 saturated carbocycles. The van der Waals surface area contributed by atoms with Gasteiger partial charge in [-0.25, -0.2) is 9.59 Å². The Balaban J connectivity index is 2.17. The van der Waals surface area contributed by atoms with Crippen LogP contribution in [-0.4, -0.2) is 64.8 Å². The number of fused-ring (bicyclic) bond motifs is 1. The molecular weight excluding hydrogens is 302 g/mol. The lowest BCUT2D eigenvalue weighted by molar-refractivity contribution is -0.144. The Morgan fingerprint density at radius 1 is 1.43 bits per heavy atom. The lowest BCUT2D eigenvalue weighted by Crippen LogP contribution is -2.56. The maximum Gasteiger partial charge on any atom is 0.330 e. The molecule has 0 radical (unpaired) electrons. The largest absolute Gasteiger partial charge is 0.479 e. The van der Waals surface area contributed by atoms with Crippen molar-refractivity contribution >= 4 is 17.9 Å². The lowest BCUT2D eigenvalue weighted by atomic mass is 10.1. The van der Waals surface area contributed by atoms with E-state index in [0.717, 1.165) is 19.3 Å². The molecule has 8 nitrogen and oxygen atoms in total. The number of rotatable bonds is 2. The number of amides is 3. The molecule has 2 rings (SSSR count). The highest BCUT2D eigenvalue weighted by Crippen LogP contribution is 2.45. The Bertz CT molecular complexity index is 521. The molecular formula is C15H23N3O5. The summed E-state index contributed by atoms with van der Waals surface area (Å²) in [7, 11) is 1.61. The maximum absolute atomic E-state index is 12.2. The van der Waals surface area contributed by atoms with Gasteiger partial charge in [-0.1, -0.05) is 12.2 Å². The quantitative estimate of drug-likeness (QED) is 0.519. The van der Waals surface area contributed by atoms with E-state index in [-0.39, 0.29) is 5.92 Å². The van der Waals surface area contributed by atoms with Crippen LogP contribution >= 0.6 is 0 Å². The molecule has 0 saturated heterocycles. The van der Waals surface area contributed by atoms with Gasteiger partial charge < -0.3 is 25.7 Å². The van der Waals surface area contributed by atoms with E-state index in [1.54, 1.807) is 7.05 Å². The normalized spacial score (nSPS) is 32.3. The van der Waals surface area contributed by atoms with Crippen LogP contribution in [0.4, 0.5) is 4.79 Å². The number of urea groups is 1. The number of aliphatic carboxylic acids is 1. The van der Waals surface area contributed by atoms with Gasteiger partial charge in [0.1, 0.15) is 11.6 Å². The van der Waals surface area contributed by atoms with Crippen LogP contribution in [0.3, 0.4) is 0 Å². The predicted octanol–water partition coefficient (Wildman–Crippen LogP) is -0.312. The molecule has 1 fully saturated rings. The van der Waals surface area contributed by atoms with Crippen molar-refractivity contribution in [3.8, 4) is 0 Å². The van der Waals surface area contributed by atoms with Crippen LogP contribution in [0.2, 0.25) is 0 Å². The average molecular weight is 325 g/mol. The van der Waals surface area contributed by atoms with Crippen LogP contribution in [0.25, 0.3) is 0 Å². The van der Waals surface area contributed by atoms with Gasteiger partial charge in [0, 0.05) is 19.5 Å². The second-order valence-electron chi connectivity index (χ2n) is 6.11. The Labute approximate surface area is 134 Å². The smallest absolute Gasteiger partial charge is 0.330 e. The number of nitrogens with zero attached hydrogens (tertiary/aromatic N) is 1. The third-order valence-electron chi connectivity index (χ3n) is 4.37. The molecule has 0 aromatic carbocycles. The van der Waals surface area contributed by atoms with Crippen molar-refractivity contribution in [1.29, 1.82) is 0 Å². The van der Waals surface area contributed by atoms with Gasteiger partial charge in [0.2, 0.25) is 5.91 Å². The van der Waals surface area contributed by atoms with E-state index >= 15 is 0 Å². The first-order chi connectivity index (χ1) is 10.9. The number of carbonyl (C=O) groups excluding carboxylic acids is 2. The van der Waals surface area contributed by atoms with Gasteiger partial charge in [0.25, 0.3) is 0 Å². The molecule has 3 amide bonds. The summed E-state index contributed by atoms with van der Waals surface area (Å²) in [5.41, 5.74) is -1.33. The molecule has 0 bridgehead atoms. The monoisotopic (exact) mass is 325 g/mol. The Hall–Kier alpha value is -2.09. The highest BCUT2D eigenvalue weighted by Gasteiger charge is 2.60. The molecule has 2 aliphatic rings. The molecule has 0 aromatic heterocycles.